The van der Waals surface area contributed by atoms with Gasteiger partial charge in [-0.1, -0.05) is 6.07 Å². The summed E-state index contributed by atoms with van der Waals surface area (Å²) in [5, 5.41) is 12.7. The van der Waals surface area contributed by atoms with E-state index in [4.69, 9.17) is 4.74 Å². The standard InChI is InChI=1S/C21H38N6O2.HI/c1-7-22-18(25-15-11-10-14-24-17-12-8-9-13-23-17)26-16-21(5,6)27-19(28)29-20(2,3)4;/h8-9,12-13H,7,10-11,14-16H2,1-6H3,(H,23,24)(H,27,28)(H2,22,25,26);1H. The zero-order chi connectivity index (χ0) is 21.8. The Balaban J connectivity index is 0.00000841. The fourth-order valence-electron chi connectivity index (χ4n) is 2.38. The maximum absolute atomic E-state index is 12.0. The number of carbonyl (C=O) groups excluding carboxylic acids is 1. The van der Waals surface area contributed by atoms with Crippen LogP contribution in [0.1, 0.15) is 54.4 Å². The molecule has 1 aromatic heterocycles. The topological polar surface area (TPSA) is 99.7 Å². The maximum Gasteiger partial charge on any atom is 0.408 e. The van der Waals surface area contributed by atoms with Crippen molar-refractivity contribution >= 4 is 41.8 Å². The molecule has 0 aliphatic rings. The second-order valence-electron chi connectivity index (χ2n) is 8.48. The number of pyridine rings is 1. The van der Waals surface area contributed by atoms with Crippen molar-refractivity contribution < 1.29 is 9.53 Å². The summed E-state index contributed by atoms with van der Waals surface area (Å²) in [6, 6.07) is 5.83. The van der Waals surface area contributed by atoms with Gasteiger partial charge in [0.05, 0.1) is 12.1 Å². The van der Waals surface area contributed by atoms with Gasteiger partial charge >= 0.3 is 6.09 Å². The molecule has 0 spiro atoms. The highest BCUT2D eigenvalue weighted by atomic mass is 127. The largest absolute Gasteiger partial charge is 0.444 e. The summed E-state index contributed by atoms with van der Waals surface area (Å²) < 4.78 is 5.32. The fraction of sp³-hybridized carbons (Fsp3) is 0.667. The summed E-state index contributed by atoms with van der Waals surface area (Å²) in [5.74, 6) is 1.64. The number of guanidine groups is 1. The van der Waals surface area contributed by atoms with Crippen LogP contribution in [0.5, 0.6) is 0 Å². The predicted molar refractivity (Wildman–Crippen MR) is 135 cm³/mol. The monoisotopic (exact) mass is 534 g/mol. The van der Waals surface area contributed by atoms with E-state index in [1.54, 1.807) is 6.20 Å². The van der Waals surface area contributed by atoms with Gasteiger partial charge in [-0.05, 0) is 66.5 Å². The molecular formula is C21H39IN6O2. The normalized spacial score (nSPS) is 11.9. The Bertz CT molecular complexity index is 632. The highest BCUT2D eigenvalue weighted by molar-refractivity contribution is 14.0. The van der Waals surface area contributed by atoms with E-state index in [1.807, 2.05) is 59.7 Å². The number of unbranched alkanes of at least 4 members (excludes halogenated alkanes) is 1. The number of anilines is 1. The highest BCUT2D eigenvalue weighted by Crippen LogP contribution is 2.09. The highest BCUT2D eigenvalue weighted by Gasteiger charge is 2.24. The van der Waals surface area contributed by atoms with Gasteiger partial charge < -0.3 is 26.0 Å². The number of hydrogen-bond acceptors (Lipinski definition) is 5. The van der Waals surface area contributed by atoms with Crippen LogP contribution in [0.25, 0.3) is 0 Å². The molecule has 1 rings (SSSR count). The number of aromatic nitrogens is 1. The second kappa shape index (κ2) is 14.3. The summed E-state index contributed by atoms with van der Waals surface area (Å²) in [5.41, 5.74) is -1.04. The number of alkyl carbamates (subject to hydrolysis) is 1. The minimum absolute atomic E-state index is 0. The summed E-state index contributed by atoms with van der Waals surface area (Å²) in [6.45, 7) is 14.3. The molecule has 0 saturated carbocycles. The lowest BCUT2D eigenvalue weighted by Crippen LogP contribution is -2.49. The number of carbonyl (C=O) groups is 1. The van der Waals surface area contributed by atoms with Crippen molar-refractivity contribution in [3.63, 3.8) is 0 Å². The smallest absolute Gasteiger partial charge is 0.408 e. The Morgan fingerprint density at radius 3 is 2.40 bits per heavy atom. The molecule has 0 saturated heterocycles. The van der Waals surface area contributed by atoms with E-state index >= 15 is 0 Å². The zero-order valence-electron chi connectivity index (χ0n) is 19.2. The van der Waals surface area contributed by atoms with Crippen molar-refractivity contribution in [2.24, 2.45) is 4.99 Å². The first kappa shape index (κ1) is 28.2. The Labute approximate surface area is 198 Å². The number of rotatable bonds is 10. The van der Waals surface area contributed by atoms with Crippen molar-refractivity contribution in [2.45, 2.75) is 65.5 Å². The number of nitrogens with one attached hydrogen (secondary N) is 4. The van der Waals surface area contributed by atoms with Crippen molar-refractivity contribution in [3.8, 4) is 0 Å². The molecule has 1 heterocycles. The van der Waals surface area contributed by atoms with E-state index in [-0.39, 0.29) is 24.0 Å². The van der Waals surface area contributed by atoms with Gasteiger partial charge in [0.15, 0.2) is 5.96 Å². The van der Waals surface area contributed by atoms with Crippen molar-refractivity contribution in [1.29, 1.82) is 0 Å². The summed E-state index contributed by atoms with van der Waals surface area (Å²) >= 11 is 0. The molecule has 0 aliphatic heterocycles. The van der Waals surface area contributed by atoms with Crippen LogP contribution >= 0.6 is 24.0 Å². The third-order valence-corrected chi connectivity index (χ3v) is 3.68. The molecule has 1 aromatic rings. The fourth-order valence-corrected chi connectivity index (χ4v) is 2.38. The van der Waals surface area contributed by atoms with Crippen LogP contribution in [0.15, 0.2) is 29.4 Å². The first-order valence-corrected chi connectivity index (χ1v) is 10.3. The lowest BCUT2D eigenvalue weighted by molar-refractivity contribution is 0.0476. The molecule has 1 amide bonds. The summed E-state index contributed by atoms with van der Waals surface area (Å²) in [4.78, 5) is 20.8. The van der Waals surface area contributed by atoms with Gasteiger partial charge in [0.25, 0.3) is 0 Å². The molecule has 9 heteroatoms. The molecule has 0 radical (unpaired) electrons. The number of halogens is 1. The number of aliphatic imine (C=N–C) groups is 1. The Morgan fingerprint density at radius 2 is 1.80 bits per heavy atom. The van der Waals surface area contributed by atoms with E-state index in [1.165, 1.54) is 0 Å². The van der Waals surface area contributed by atoms with Gasteiger partial charge in [-0.2, -0.15) is 0 Å². The van der Waals surface area contributed by atoms with Gasteiger partial charge in [-0.25, -0.2) is 9.78 Å². The molecule has 0 atom stereocenters. The molecule has 0 bridgehead atoms. The number of nitrogens with zero attached hydrogens (tertiary/aromatic N) is 2. The quantitative estimate of drug-likeness (QED) is 0.158. The van der Waals surface area contributed by atoms with Crippen LogP contribution in [-0.4, -0.2) is 54.4 Å². The van der Waals surface area contributed by atoms with Gasteiger partial charge in [-0.3, -0.25) is 4.99 Å². The van der Waals surface area contributed by atoms with Crippen molar-refractivity contribution in [1.82, 2.24) is 20.9 Å². The minimum atomic E-state index is -0.522. The summed E-state index contributed by atoms with van der Waals surface area (Å²) in [7, 11) is 0. The SMILES string of the molecule is CCNC(=NCC(C)(C)NC(=O)OC(C)(C)C)NCCCCNc1ccccn1.I. The zero-order valence-corrected chi connectivity index (χ0v) is 21.5. The first-order valence-electron chi connectivity index (χ1n) is 10.3. The second-order valence-corrected chi connectivity index (χ2v) is 8.48. The lowest BCUT2D eigenvalue weighted by Gasteiger charge is -2.27. The average Bonchev–Trinajstić information content (AvgIpc) is 2.61. The van der Waals surface area contributed by atoms with E-state index in [0.717, 1.165) is 44.3 Å². The van der Waals surface area contributed by atoms with Crippen LogP contribution in [0.3, 0.4) is 0 Å². The molecule has 8 nitrogen and oxygen atoms in total. The molecule has 4 N–H and O–H groups in total. The molecule has 172 valence electrons. The van der Waals surface area contributed by atoms with Gasteiger partial charge in [0.2, 0.25) is 0 Å². The minimum Gasteiger partial charge on any atom is -0.444 e. The van der Waals surface area contributed by atoms with E-state index in [2.05, 4.69) is 31.2 Å². The third-order valence-electron chi connectivity index (χ3n) is 3.68. The van der Waals surface area contributed by atoms with E-state index < -0.39 is 17.2 Å². The molecule has 0 fully saturated rings. The van der Waals surface area contributed by atoms with Crippen molar-refractivity contribution in [3.05, 3.63) is 24.4 Å². The van der Waals surface area contributed by atoms with Crippen LogP contribution in [-0.2, 0) is 4.74 Å². The van der Waals surface area contributed by atoms with E-state index in [0.29, 0.717) is 6.54 Å². The molecule has 0 unspecified atom stereocenters. The van der Waals surface area contributed by atoms with Crippen LogP contribution < -0.4 is 21.3 Å². The predicted octanol–water partition coefficient (Wildman–Crippen LogP) is 3.75. The molecule has 0 aliphatic carbocycles. The van der Waals surface area contributed by atoms with Gasteiger partial charge in [0.1, 0.15) is 11.4 Å². The van der Waals surface area contributed by atoms with Crippen LogP contribution in [0.2, 0.25) is 0 Å². The maximum atomic E-state index is 12.0. The Kier molecular flexibility index (Phi) is 13.4. The third kappa shape index (κ3) is 14.2. The van der Waals surface area contributed by atoms with E-state index in [9.17, 15) is 4.79 Å². The van der Waals surface area contributed by atoms with Crippen molar-refractivity contribution in [2.75, 3.05) is 31.5 Å². The number of hydrogen-bond donors (Lipinski definition) is 4. The van der Waals surface area contributed by atoms with Crippen LogP contribution in [0.4, 0.5) is 10.6 Å². The van der Waals surface area contributed by atoms with Gasteiger partial charge in [-0.15, -0.1) is 24.0 Å². The van der Waals surface area contributed by atoms with Crippen LogP contribution in [0, 0.1) is 0 Å². The molecular weight excluding hydrogens is 495 g/mol. The lowest BCUT2D eigenvalue weighted by atomic mass is 10.1. The Morgan fingerprint density at radius 1 is 1.10 bits per heavy atom. The molecule has 30 heavy (non-hydrogen) atoms. The number of ether oxygens (including phenoxy) is 1. The average molecular weight is 534 g/mol. The summed E-state index contributed by atoms with van der Waals surface area (Å²) in [6.07, 6.45) is 3.37. The Hall–Kier alpha value is -1.78. The molecule has 0 aromatic carbocycles. The van der Waals surface area contributed by atoms with Gasteiger partial charge in [0, 0.05) is 25.8 Å². The number of amides is 1. The first-order chi connectivity index (χ1) is 13.6.